The maximum absolute atomic E-state index is 10.7. The molecule has 2 aromatic carbocycles. The first-order valence-electron chi connectivity index (χ1n) is 7.67. The van der Waals surface area contributed by atoms with Crippen molar-refractivity contribution in [1.29, 1.82) is 0 Å². The maximum atomic E-state index is 10.7. The molecule has 0 spiro atoms. The van der Waals surface area contributed by atoms with Crippen LogP contribution in [0, 0.1) is 0 Å². The largest absolute Gasteiger partial charge is 0.493 e. The number of rotatable bonds is 7. The van der Waals surface area contributed by atoms with Gasteiger partial charge in [0, 0.05) is 18.7 Å². The zero-order valence-electron chi connectivity index (χ0n) is 13.4. The predicted octanol–water partition coefficient (Wildman–Crippen LogP) is 3.05. The molecule has 24 heavy (non-hydrogen) atoms. The molecule has 2 N–H and O–H groups in total. The van der Waals surface area contributed by atoms with E-state index in [1.54, 1.807) is 7.11 Å². The lowest BCUT2D eigenvalue weighted by Crippen LogP contribution is -2.02. The zero-order chi connectivity index (χ0) is 16.9. The number of aliphatic carboxylic acids is 1. The molecule has 0 aliphatic carbocycles. The number of hydrogen-bond acceptors (Lipinski definition) is 5. The van der Waals surface area contributed by atoms with Crippen LogP contribution in [0.1, 0.15) is 17.5 Å². The standard InChI is InChI=1S/C18H19NO5/c1-22-15-8-13(9-16-18(15)24-11-23-16)10-19-14-4-2-3-12(7-14)5-6-17(20)21/h2-4,7-9,19H,5-6,10-11H2,1H3,(H,20,21). The molecule has 0 radical (unpaired) electrons. The van der Waals surface area contributed by atoms with Gasteiger partial charge in [-0.3, -0.25) is 4.79 Å². The van der Waals surface area contributed by atoms with Crippen LogP contribution in [0.25, 0.3) is 0 Å². The molecule has 0 amide bonds. The number of benzene rings is 2. The van der Waals surface area contributed by atoms with Crippen molar-refractivity contribution in [2.45, 2.75) is 19.4 Å². The van der Waals surface area contributed by atoms with E-state index in [1.807, 2.05) is 36.4 Å². The van der Waals surface area contributed by atoms with Crippen LogP contribution in [0.15, 0.2) is 36.4 Å². The number of fused-ring (bicyclic) bond motifs is 1. The minimum atomic E-state index is -0.791. The third-order valence-electron chi connectivity index (χ3n) is 3.77. The molecule has 2 aromatic rings. The van der Waals surface area contributed by atoms with E-state index in [1.165, 1.54) is 0 Å². The van der Waals surface area contributed by atoms with Crippen molar-refractivity contribution in [1.82, 2.24) is 0 Å². The molecule has 0 atom stereocenters. The first-order chi connectivity index (χ1) is 11.7. The Balaban J connectivity index is 1.68. The van der Waals surface area contributed by atoms with Crippen molar-refractivity contribution >= 4 is 11.7 Å². The highest BCUT2D eigenvalue weighted by atomic mass is 16.7. The van der Waals surface area contributed by atoms with Crippen molar-refractivity contribution in [2.75, 3.05) is 19.2 Å². The summed E-state index contributed by atoms with van der Waals surface area (Å²) in [6, 6.07) is 11.6. The first-order valence-corrected chi connectivity index (χ1v) is 7.67. The molecule has 0 fully saturated rings. The fraction of sp³-hybridized carbons (Fsp3) is 0.278. The summed E-state index contributed by atoms with van der Waals surface area (Å²) in [7, 11) is 1.60. The molecule has 0 aromatic heterocycles. The molecule has 6 nitrogen and oxygen atoms in total. The van der Waals surface area contributed by atoms with Crippen LogP contribution in [0.3, 0.4) is 0 Å². The predicted molar refractivity (Wildman–Crippen MR) is 88.8 cm³/mol. The van der Waals surface area contributed by atoms with E-state index < -0.39 is 5.97 Å². The Labute approximate surface area is 140 Å². The van der Waals surface area contributed by atoms with Gasteiger partial charge in [0.05, 0.1) is 7.11 Å². The van der Waals surface area contributed by atoms with Crippen LogP contribution in [0.5, 0.6) is 17.2 Å². The Kier molecular flexibility index (Phi) is 4.74. The summed E-state index contributed by atoms with van der Waals surface area (Å²) < 4.78 is 16.1. The quantitative estimate of drug-likeness (QED) is 0.813. The lowest BCUT2D eigenvalue weighted by molar-refractivity contribution is -0.136. The average Bonchev–Trinajstić information content (AvgIpc) is 3.06. The van der Waals surface area contributed by atoms with E-state index >= 15 is 0 Å². The van der Waals surface area contributed by atoms with Crippen LogP contribution in [-0.2, 0) is 17.8 Å². The second kappa shape index (κ2) is 7.12. The number of carboxylic acid groups (broad SMARTS) is 1. The van der Waals surface area contributed by atoms with Gasteiger partial charge in [-0.2, -0.15) is 0 Å². The molecule has 0 saturated carbocycles. The highest BCUT2D eigenvalue weighted by Gasteiger charge is 2.19. The minimum absolute atomic E-state index is 0.128. The van der Waals surface area contributed by atoms with Gasteiger partial charge in [0.1, 0.15) is 0 Å². The highest BCUT2D eigenvalue weighted by Crippen LogP contribution is 2.41. The van der Waals surface area contributed by atoms with Gasteiger partial charge in [0.2, 0.25) is 12.5 Å². The Hall–Kier alpha value is -2.89. The van der Waals surface area contributed by atoms with Crippen LogP contribution in [0.2, 0.25) is 0 Å². The van der Waals surface area contributed by atoms with Crippen molar-refractivity contribution in [3.8, 4) is 17.2 Å². The van der Waals surface area contributed by atoms with Gasteiger partial charge in [-0.05, 0) is 41.8 Å². The summed E-state index contributed by atoms with van der Waals surface area (Å²) in [5, 5.41) is 12.1. The van der Waals surface area contributed by atoms with Gasteiger partial charge >= 0.3 is 5.97 Å². The Morgan fingerprint density at radius 2 is 2.12 bits per heavy atom. The monoisotopic (exact) mass is 329 g/mol. The van der Waals surface area contributed by atoms with Gasteiger partial charge in [-0.1, -0.05) is 12.1 Å². The van der Waals surface area contributed by atoms with Crippen molar-refractivity contribution < 1.29 is 24.1 Å². The van der Waals surface area contributed by atoms with Gasteiger partial charge in [-0.25, -0.2) is 0 Å². The summed E-state index contributed by atoms with van der Waals surface area (Å²) in [5.41, 5.74) is 2.94. The van der Waals surface area contributed by atoms with Crippen LogP contribution in [-0.4, -0.2) is 25.0 Å². The topological polar surface area (TPSA) is 77.0 Å². The number of anilines is 1. The zero-order valence-corrected chi connectivity index (χ0v) is 13.4. The third-order valence-corrected chi connectivity index (χ3v) is 3.77. The second-order valence-electron chi connectivity index (χ2n) is 5.48. The SMILES string of the molecule is COc1cc(CNc2cccc(CCC(=O)O)c2)cc2c1OCO2. The second-order valence-corrected chi connectivity index (χ2v) is 5.48. The molecule has 1 heterocycles. The van der Waals surface area contributed by atoms with E-state index in [0.29, 0.717) is 30.2 Å². The Morgan fingerprint density at radius 3 is 2.92 bits per heavy atom. The number of hydrogen-bond donors (Lipinski definition) is 2. The van der Waals surface area contributed by atoms with Crippen LogP contribution in [0.4, 0.5) is 5.69 Å². The molecule has 1 aliphatic rings. The molecular formula is C18H19NO5. The number of carbonyl (C=O) groups is 1. The molecule has 126 valence electrons. The van der Waals surface area contributed by atoms with Crippen molar-refractivity contribution in [3.05, 3.63) is 47.5 Å². The van der Waals surface area contributed by atoms with E-state index in [0.717, 1.165) is 16.8 Å². The van der Waals surface area contributed by atoms with E-state index in [4.69, 9.17) is 19.3 Å². The van der Waals surface area contributed by atoms with Crippen LogP contribution >= 0.6 is 0 Å². The molecule has 0 bridgehead atoms. The summed E-state index contributed by atoms with van der Waals surface area (Å²) in [6.45, 7) is 0.795. The van der Waals surface area contributed by atoms with Gasteiger partial charge in [0.25, 0.3) is 0 Å². The Morgan fingerprint density at radius 1 is 1.25 bits per heavy atom. The van der Waals surface area contributed by atoms with Crippen molar-refractivity contribution in [3.63, 3.8) is 0 Å². The van der Waals surface area contributed by atoms with Gasteiger partial charge in [-0.15, -0.1) is 0 Å². The first kappa shape index (κ1) is 16.0. The van der Waals surface area contributed by atoms with Crippen LogP contribution < -0.4 is 19.5 Å². The number of aryl methyl sites for hydroxylation is 1. The molecular weight excluding hydrogens is 310 g/mol. The Bertz CT molecular complexity index is 744. The third kappa shape index (κ3) is 3.71. The average molecular weight is 329 g/mol. The normalized spacial score (nSPS) is 12.0. The minimum Gasteiger partial charge on any atom is -0.493 e. The summed E-state index contributed by atoms with van der Waals surface area (Å²) in [5.74, 6) is 1.18. The van der Waals surface area contributed by atoms with Gasteiger partial charge in [0.15, 0.2) is 11.5 Å². The number of nitrogens with one attached hydrogen (secondary N) is 1. The molecule has 3 rings (SSSR count). The molecule has 6 heteroatoms. The van der Waals surface area contributed by atoms with E-state index in [2.05, 4.69) is 5.32 Å². The summed E-state index contributed by atoms with van der Waals surface area (Å²) in [6.07, 6.45) is 0.644. The highest BCUT2D eigenvalue weighted by molar-refractivity contribution is 5.67. The number of carboxylic acids is 1. The lowest BCUT2D eigenvalue weighted by atomic mass is 10.1. The van der Waals surface area contributed by atoms with Gasteiger partial charge < -0.3 is 24.6 Å². The van der Waals surface area contributed by atoms with Crippen molar-refractivity contribution in [2.24, 2.45) is 0 Å². The fourth-order valence-electron chi connectivity index (χ4n) is 2.58. The summed E-state index contributed by atoms with van der Waals surface area (Å²) in [4.78, 5) is 10.7. The van der Waals surface area contributed by atoms with E-state index in [-0.39, 0.29) is 13.2 Å². The van der Waals surface area contributed by atoms with E-state index in [9.17, 15) is 4.79 Å². The lowest BCUT2D eigenvalue weighted by Gasteiger charge is -2.11. The number of methoxy groups -OCH3 is 1. The maximum Gasteiger partial charge on any atom is 0.303 e. The number of ether oxygens (including phenoxy) is 3. The fourth-order valence-corrected chi connectivity index (χ4v) is 2.58. The molecule has 0 unspecified atom stereocenters. The summed E-state index contributed by atoms with van der Waals surface area (Å²) >= 11 is 0. The smallest absolute Gasteiger partial charge is 0.303 e. The molecule has 1 aliphatic heterocycles. The molecule has 0 saturated heterocycles.